The minimum absolute atomic E-state index is 0.0126. The van der Waals surface area contributed by atoms with Crippen LogP contribution in [0.15, 0.2) is 42.5 Å². The molecule has 25 heavy (non-hydrogen) atoms. The Bertz CT molecular complexity index is 924. The van der Waals surface area contributed by atoms with Gasteiger partial charge >= 0.3 is 0 Å². The highest BCUT2D eigenvalue weighted by Gasteiger charge is 2.21. The van der Waals surface area contributed by atoms with Crippen LogP contribution in [0.4, 0.5) is 14.5 Å². The summed E-state index contributed by atoms with van der Waals surface area (Å²) >= 11 is 0. The number of carbonyl (C=O) groups is 1. The first-order valence-corrected chi connectivity index (χ1v) is 8.20. The van der Waals surface area contributed by atoms with E-state index in [1.54, 1.807) is 12.1 Å². The highest BCUT2D eigenvalue weighted by molar-refractivity contribution is 6.05. The first-order valence-electron chi connectivity index (χ1n) is 8.20. The molecule has 0 atom stereocenters. The van der Waals surface area contributed by atoms with E-state index in [-0.39, 0.29) is 5.41 Å². The summed E-state index contributed by atoms with van der Waals surface area (Å²) in [4.78, 5) is 15.6. The highest BCUT2D eigenvalue weighted by Crippen LogP contribution is 2.30. The van der Waals surface area contributed by atoms with E-state index in [4.69, 9.17) is 0 Å². The molecule has 0 unspecified atom stereocenters. The average Bonchev–Trinajstić information content (AvgIpc) is 2.99. The summed E-state index contributed by atoms with van der Waals surface area (Å²) in [5.41, 5.74) is 1.98. The fraction of sp³-hybridized carbons (Fsp3) is 0.250. The van der Waals surface area contributed by atoms with Crippen molar-refractivity contribution in [1.29, 1.82) is 0 Å². The van der Waals surface area contributed by atoms with Gasteiger partial charge in [0.1, 0.15) is 17.2 Å². The normalized spacial score (nSPS) is 11.7. The molecule has 1 amide bonds. The van der Waals surface area contributed by atoms with E-state index in [1.165, 1.54) is 6.07 Å². The van der Waals surface area contributed by atoms with Crippen molar-refractivity contribution in [3.63, 3.8) is 0 Å². The van der Waals surface area contributed by atoms with Crippen LogP contribution in [0.2, 0.25) is 0 Å². The number of aromatic nitrogens is 1. The van der Waals surface area contributed by atoms with Gasteiger partial charge in [0.25, 0.3) is 5.91 Å². The second-order valence-corrected chi connectivity index (χ2v) is 6.77. The molecule has 0 radical (unpaired) electrons. The summed E-state index contributed by atoms with van der Waals surface area (Å²) < 4.78 is 27.4. The Morgan fingerprint density at radius 3 is 2.44 bits per heavy atom. The third kappa shape index (κ3) is 3.27. The molecule has 3 rings (SSSR count). The summed E-state index contributed by atoms with van der Waals surface area (Å²) in [6, 6.07) is 10.7. The standard InChI is InChI=1S/C20H20F2N2O/c1-4-20(2,3)17-11-12-10-13(8-9-16(12)24-17)23-19(25)18-14(21)6-5-7-15(18)22/h5-11,24H,4H2,1-3H3,(H,23,25). The summed E-state index contributed by atoms with van der Waals surface area (Å²) in [5.74, 6) is -2.57. The monoisotopic (exact) mass is 342 g/mol. The Balaban J connectivity index is 1.91. The molecular formula is C20H20F2N2O. The number of anilines is 1. The number of hydrogen-bond acceptors (Lipinski definition) is 1. The SMILES string of the molecule is CCC(C)(C)c1cc2cc(NC(=O)c3c(F)cccc3F)ccc2[nH]1. The number of carbonyl (C=O) groups excluding carboxylic acids is 1. The van der Waals surface area contributed by atoms with Gasteiger partial charge in [-0.2, -0.15) is 0 Å². The van der Waals surface area contributed by atoms with Gasteiger partial charge in [0.05, 0.1) is 0 Å². The Labute approximate surface area is 145 Å². The largest absolute Gasteiger partial charge is 0.358 e. The van der Waals surface area contributed by atoms with E-state index in [2.05, 4.69) is 31.1 Å². The van der Waals surface area contributed by atoms with Gasteiger partial charge in [-0.1, -0.05) is 26.8 Å². The molecule has 2 N–H and O–H groups in total. The van der Waals surface area contributed by atoms with Crippen LogP contribution in [0.5, 0.6) is 0 Å². The van der Waals surface area contributed by atoms with Crippen molar-refractivity contribution >= 4 is 22.5 Å². The Morgan fingerprint density at radius 1 is 1.12 bits per heavy atom. The lowest BCUT2D eigenvalue weighted by atomic mass is 9.86. The Morgan fingerprint density at radius 2 is 1.80 bits per heavy atom. The number of fused-ring (bicyclic) bond motifs is 1. The van der Waals surface area contributed by atoms with Gasteiger partial charge in [0, 0.05) is 27.7 Å². The van der Waals surface area contributed by atoms with Gasteiger partial charge in [-0.25, -0.2) is 8.78 Å². The topological polar surface area (TPSA) is 44.9 Å². The minimum atomic E-state index is -0.882. The maximum Gasteiger partial charge on any atom is 0.261 e. The summed E-state index contributed by atoms with van der Waals surface area (Å²) in [7, 11) is 0. The van der Waals surface area contributed by atoms with Gasteiger partial charge < -0.3 is 10.3 Å². The molecule has 3 nitrogen and oxygen atoms in total. The Kier molecular flexibility index (Phi) is 4.33. The summed E-state index contributed by atoms with van der Waals surface area (Å²) in [6.07, 6.45) is 0.982. The number of hydrogen-bond donors (Lipinski definition) is 2. The Hall–Kier alpha value is -2.69. The maximum absolute atomic E-state index is 13.7. The molecule has 3 aromatic rings. The number of benzene rings is 2. The second kappa shape index (κ2) is 6.31. The van der Waals surface area contributed by atoms with Gasteiger partial charge in [0.15, 0.2) is 0 Å². The van der Waals surface area contributed by atoms with E-state index in [0.29, 0.717) is 5.69 Å². The molecule has 130 valence electrons. The van der Waals surface area contributed by atoms with Crippen LogP contribution in [-0.2, 0) is 5.41 Å². The van der Waals surface area contributed by atoms with Crippen LogP contribution >= 0.6 is 0 Å². The van der Waals surface area contributed by atoms with Crippen LogP contribution in [0, 0.1) is 11.6 Å². The fourth-order valence-electron chi connectivity index (χ4n) is 2.67. The van der Waals surface area contributed by atoms with Crippen LogP contribution in [0.25, 0.3) is 10.9 Å². The summed E-state index contributed by atoms with van der Waals surface area (Å²) in [6.45, 7) is 6.43. The van der Waals surface area contributed by atoms with Gasteiger partial charge in [-0.3, -0.25) is 4.79 Å². The molecule has 0 bridgehead atoms. The van der Waals surface area contributed by atoms with Crippen molar-refractivity contribution < 1.29 is 13.6 Å². The maximum atomic E-state index is 13.7. The number of nitrogens with one attached hydrogen (secondary N) is 2. The first kappa shape index (κ1) is 17.1. The van der Waals surface area contributed by atoms with Crippen molar-refractivity contribution in [3.8, 4) is 0 Å². The predicted octanol–water partition coefficient (Wildman–Crippen LogP) is 5.39. The quantitative estimate of drug-likeness (QED) is 0.656. The average molecular weight is 342 g/mol. The van der Waals surface area contributed by atoms with E-state index in [1.807, 2.05) is 12.1 Å². The lowest BCUT2D eigenvalue weighted by Gasteiger charge is -2.20. The smallest absolute Gasteiger partial charge is 0.261 e. The van der Waals surface area contributed by atoms with Crippen molar-refractivity contribution in [3.05, 3.63) is 65.4 Å². The summed E-state index contributed by atoms with van der Waals surface area (Å²) in [5, 5.41) is 3.49. The molecule has 1 heterocycles. The van der Waals surface area contributed by atoms with Gasteiger partial charge in [-0.05, 0) is 42.8 Å². The van der Waals surface area contributed by atoms with E-state index < -0.39 is 23.1 Å². The molecule has 5 heteroatoms. The zero-order valence-electron chi connectivity index (χ0n) is 14.4. The van der Waals surface area contributed by atoms with Gasteiger partial charge in [-0.15, -0.1) is 0 Å². The third-order valence-electron chi connectivity index (χ3n) is 4.68. The van der Waals surface area contributed by atoms with Crippen molar-refractivity contribution in [2.45, 2.75) is 32.6 Å². The van der Waals surface area contributed by atoms with Gasteiger partial charge in [0.2, 0.25) is 0 Å². The molecule has 0 aliphatic carbocycles. The number of amides is 1. The zero-order chi connectivity index (χ0) is 18.2. The molecular weight excluding hydrogens is 322 g/mol. The van der Waals surface area contributed by atoms with Crippen LogP contribution < -0.4 is 5.32 Å². The number of halogens is 2. The fourth-order valence-corrected chi connectivity index (χ4v) is 2.67. The van der Waals surface area contributed by atoms with Crippen molar-refractivity contribution in [2.24, 2.45) is 0 Å². The third-order valence-corrected chi connectivity index (χ3v) is 4.68. The number of aromatic amines is 1. The molecule has 0 fully saturated rings. The highest BCUT2D eigenvalue weighted by atomic mass is 19.1. The van der Waals surface area contributed by atoms with Crippen LogP contribution in [-0.4, -0.2) is 10.9 Å². The van der Waals surface area contributed by atoms with E-state index in [9.17, 15) is 13.6 Å². The minimum Gasteiger partial charge on any atom is -0.358 e. The lowest BCUT2D eigenvalue weighted by Crippen LogP contribution is -2.15. The van der Waals surface area contributed by atoms with Crippen molar-refractivity contribution in [2.75, 3.05) is 5.32 Å². The van der Waals surface area contributed by atoms with E-state index >= 15 is 0 Å². The van der Waals surface area contributed by atoms with Crippen LogP contribution in [0.3, 0.4) is 0 Å². The first-order chi connectivity index (χ1) is 11.8. The molecule has 0 spiro atoms. The molecule has 1 aromatic heterocycles. The van der Waals surface area contributed by atoms with Crippen molar-refractivity contribution in [1.82, 2.24) is 4.98 Å². The zero-order valence-corrected chi connectivity index (χ0v) is 14.4. The number of rotatable bonds is 4. The molecule has 0 saturated heterocycles. The number of H-pyrrole nitrogens is 1. The molecule has 2 aromatic carbocycles. The molecule has 0 aliphatic rings. The van der Waals surface area contributed by atoms with Crippen LogP contribution in [0.1, 0.15) is 43.2 Å². The predicted molar refractivity (Wildman–Crippen MR) is 95.9 cm³/mol. The molecule has 0 aliphatic heterocycles. The second-order valence-electron chi connectivity index (χ2n) is 6.77. The van der Waals surface area contributed by atoms with E-state index in [0.717, 1.165) is 35.2 Å². The molecule has 0 saturated carbocycles. The lowest BCUT2D eigenvalue weighted by molar-refractivity contribution is 0.101.